The molecule has 0 spiro atoms. The Morgan fingerprint density at radius 1 is 1.17 bits per heavy atom. The molecule has 104 valence electrons. The van der Waals surface area contributed by atoms with E-state index < -0.39 is 0 Å². The molecule has 3 unspecified atom stereocenters. The third kappa shape index (κ3) is 2.49. The van der Waals surface area contributed by atoms with Crippen LogP contribution in [0.3, 0.4) is 0 Å². The number of hydrogen-bond donors (Lipinski definition) is 0. The SMILES string of the molecule is CC(C)(C)C(=O)C1C2CCSC2CN1C(C)(C)C. The summed E-state index contributed by atoms with van der Waals surface area (Å²) in [7, 11) is 0. The van der Waals surface area contributed by atoms with Gasteiger partial charge in [-0.15, -0.1) is 0 Å². The van der Waals surface area contributed by atoms with Gasteiger partial charge in [-0.3, -0.25) is 9.69 Å². The molecule has 0 radical (unpaired) electrons. The molecule has 0 aromatic heterocycles. The fourth-order valence-electron chi connectivity index (χ4n) is 3.22. The standard InChI is InChI=1S/C15H27NOS/c1-14(2,3)13(17)12-10-7-8-18-11(10)9-16(12)15(4,5)6/h10-12H,7-9H2,1-6H3. The zero-order chi connectivity index (χ0) is 13.7. The lowest BCUT2D eigenvalue weighted by molar-refractivity contribution is -0.134. The fraction of sp³-hybridized carbons (Fsp3) is 0.933. The largest absolute Gasteiger partial charge is 0.297 e. The number of carbonyl (C=O) groups excluding carboxylic acids is 1. The molecule has 2 fully saturated rings. The lowest BCUT2D eigenvalue weighted by Gasteiger charge is -2.40. The highest BCUT2D eigenvalue weighted by molar-refractivity contribution is 8.00. The van der Waals surface area contributed by atoms with E-state index in [4.69, 9.17) is 0 Å². The Morgan fingerprint density at radius 3 is 2.28 bits per heavy atom. The van der Waals surface area contributed by atoms with Crippen LogP contribution < -0.4 is 0 Å². The van der Waals surface area contributed by atoms with Gasteiger partial charge in [0.25, 0.3) is 0 Å². The summed E-state index contributed by atoms with van der Waals surface area (Å²) in [4.78, 5) is 15.3. The van der Waals surface area contributed by atoms with Gasteiger partial charge < -0.3 is 0 Å². The summed E-state index contributed by atoms with van der Waals surface area (Å²) in [6.07, 6.45) is 1.22. The van der Waals surface area contributed by atoms with Crippen molar-refractivity contribution in [2.45, 2.75) is 64.8 Å². The monoisotopic (exact) mass is 269 g/mol. The number of likely N-dealkylation sites (tertiary alicyclic amines) is 1. The lowest BCUT2D eigenvalue weighted by atomic mass is 9.80. The third-order valence-corrected chi connectivity index (χ3v) is 5.65. The Labute approximate surface area is 116 Å². The summed E-state index contributed by atoms with van der Waals surface area (Å²) in [6.45, 7) is 14.0. The highest BCUT2D eigenvalue weighted by Crippen LogP contribution is 2.46. The van der Waals surface area contributed by atoms with Gasteiger partial charge in [0.15, 0.2) is 5.78 Å². The lowest BCUT2D eigenvalue weighted by Crippen LogP contribution is -2.52. The molecule has 2 aliphatic heterocycles. The molecule has 0 aromatic carbocycles. The number of nitrogens with zero attached hydrogens (tertiary/aromatic N) is 1. The third-order valence-electron chi connectivity index (χ3n) is 4.25. The van der Waals surface area contributed by atoms with Crippen molar-refractivity contribution in [3.63, 3.8) is 0 Å². The van der Waals surface area contributed by atoms with Crippen molar-refractivity contribution in [2.24, 2.45) is 11.3 Å². The van der Waals surface area contributed by atoms with Crippen LogP contribution in [-0.2, 0) is 4.79 Å². The minimum Gasteiger partial charge on any atom is -0.297 e. The van der Waals surface area contributed by atoms with E-state index in [1.54, 1.807) is 0 Å². The first-order chi connectivity index (χ1) is 8.12. The number of fused-ring (bicyclic) bond motifs is 1. The van der Waals surface area contributed by atoms with Crippen molar-refractivity contribution in [1.82, 2.24) is 4.90 Å². The van der Waals surface area contributed by atoms with E-state index in [9.17, 15) is 4.79 Å². The van der Waals surface area contributed by atoms with Crippen molar-refractivity contribution in [1.29, 1.82) is 0 Å². The van der Waals surface area contributed by atoms with Crippen molar-refractivity contribution in [3.8, 4) is 0 Å². The number of thioether (sulfide) groups is 1. The molecule has 0 saturated carbocycles. The van der Waals surface area contributed by atoms with Crippen molar-refractivity contribution >= 4 is 17.5 Å². The molecule has 2 aliphatic rings. The molecular weight excluding hydrogens is 242 g/mol. The molecule has 2 heterocycles. The predicted octanol–water partition coefficient (Wildman–Crippen LogP) is 3.21. The summed E-state index contributed by atoms with van der Waals surface area (Å²) in [5.74, 6) is 2.26. The van der Waals surface area contributed by atoms with Gasteiger partial charge in [-0.1, -0.05) is 20.8 Å². The molecule has 2 rings (SSSR count). The van der Waals surface area contributed by atoms with E-state index in [1.807, 2.05) is 0 Å². The van der Waals surface area contributed by atoms with E-state index in [0.29, 0.717) is 17.0 Å². The molecular formula is C15H27NOS. The maximum atomic E-state index is 12.8. The molecule has 3 heteroatoms. The second-order valence-corrected chi connectivity index (χ2v) is 9.09. The second kappa shape index (κ2) is 4.52. The number of carbonyl (C=O) groups is 1. The zero-order valence-corrected chi connectivity index (χ0v) is 13.4. The number of hydrogen-bond acceptors (Lipinski definition) is 3. The Morgan fingerprint density at radius 2 is 1.78 bits per heavy atom. The van der Waals surface area contributed by atoms with E-state index in [-0.39, 0.29) is 17.0 Å². The van der Waals surface area contributed by atoms with Gasteiger partial charge in [-0.2, -0.15) is 11.8 Å². The summed E-state index contributed by atoms with van der Waals surface area (Å²) in [6, 6.07) is 0.144. The van der Waals surface area contributed by atoms with Crippen LogP contribution in [0.4, 0.5) is 0 Å². The van der Waals surface area contributed by atoms with Crippen LogP contribution in [0.25, 0.3) is 0 Å². The van der Waals surface area contributed by atoms with Crippen LogP contribution in [-0.4, -0.2) is 39.8 Å². The van der Waals surface area contributed by atoms with Gasteiger partial charge in [0.05, 0.1) is 6.04 Å². The molecule has 0 bridgehead atoms. The highest BCUT2D eigenvalue weighted by Gasteiger charge is 2.52. The first-order valence-electron chi connectivity index (χ1n) is 7.05. The molecule has 3 atom stereocenters. The number of rotatable bonds is 1. The summed E-state index contributed by atoms with van der Waals surface area (Å²) >= 11 is 2.07. The van der Waals surface area contributed by atoms with Crippen LogP contribution in [0, 0.1) is 11.3 Å². The maximum Gasteiger partial charge on any atom is 0.155 e. The minimum absolute atomic E-state index is 0.0937. The Hall–Kier alpha value is -0.0200. The molecule has 0 N–H and O–H groups in total. The quantitative estimate of drug-likeness (QED) is 0.729. The van der Waals surface area contributed by atoms with Crippen LogP contribution in [0.2, 0.25) is 0 Å². The van der Waals surface area contributed by atoms with Gasteiger partial charge in [0, 0.05) is 22.7 Å². The molecule has 0 aromatic rings. The van der Waals surface area contributed by atoms with Gasteiger partial charge in [-0.05, 0) is 38.9 Å². The van der Waals surface area contributed by atoms with E-state index in [0.717, 1.165) is 6.54 Å². The molecule has 18 heavy (non-hydrogen) atoms. The number of ketones is 1. The average molecular weight is 269 g/mol. The average Bonchev–Trinajstić information content (AvgIpc) is 2.71. The highest BCUT2D eigenvalue weighted by atomic mass is 32.2. The Kier molecular flexibility index (Phi) is 3.61. The van der Waals surface area contributed by atoms with E-state index in [1.165, 1.54) is 12.2 Å². The van der Waals surface area contributed by atoms with Crippen molar-refractivity contribution in [3.05, 3.63) is 0 Å². The number of Topliss-reactive ketones (excluding diaryl/α,β-unsaturated/α-hetero) is 1. The van der Waals surface area contributed by atoms with Gasteiger partial charge >= 0.3 is 0 Å². The van der Waals surface area contributed by atoms with Crippen molar-refractivity contribution in [2.75, 3.05) is 12.3 Å². The van der Waals surface area contributed by atoms with Crippen LogP contribution in [0.5, 0.6) is 0 Å². The minimum atomic E-state index is -0.226. The smallest absolute Gasteiger partial charge is 0.155 e. The molecule has 0 amide bonds. The van der Waals surface area contributed by atoms with Crippen molar-refractivity contribution < 1.29 is 4.79 Å². The van der Waals surface area contributed by atoms with Gasteiger partial charge in [0.2, 0.25) is 0 Å². The Balaban J connectivity index is 2.29. The van der Waals surface area contributed by atoms with E-state index >= 15 is 0 Å². The second-order valence-electron chi connectivity index (χ2n) is 7.74. The van der Waals surface area contributed by atoms with Crippen LogP contribution in [0.1, 0.15) is 48.0 Å². The first kappa shape index (κ1) is 14.4. The van der Waals surface area contributed by atoms with E-state index in [2.05, 4.69) is 58.2 Å². The fourth-order valence-corrected chi connectivity index (χ4v) is 4.73. The summed E-state index contributed by atoms with van der Waals surface area (Å²) < 4.78 is 0. The van der Waals surface area contributed by atoms with Crippen LogP contribution in [0.15, 0.2) is 0 Å². The Bertz CT molecular complexity index is 339. The van der Waals surface area contributed by atoms with Gasteiger partial charge in [0.1, 0.15) is 0 Å². The predicted molar refractivity (Wildman–Crippen MR) is 79.1 cm³/mol. The molecule has 2 saturated heterocycles. The zero-order valence-electron chi connectivity index (χ0n) is 12.6. The topological polar surface area (TPSA) is 20.3 Å². The summed E-state index contributed by atoms with van der Waals surface area (Å²) in [5.41, 5.74) is -0.132. The molecule has 0 aliphatic carbocycles. The normalized spacial score (nSPS) is 33.8. The summed E-state index contributed by atoms with van der Waals surface area (Å²) in [5, 5.41) is 0.681. The molecule has 2 nitrogen and oxygen atoms in total. The van der Waals surface area contributed by atoms with Crippen LogP contribution >= 0.6 is 11.8 Å². The first-order valence-corrected chi connectivity index (χ1v) is 8.10. The maximum absolute atomic E-state index is 12.8. The van der Waals surface area contributed by atoms with Gasteiger partial charge in [-0.25, -0.2) is 0 Å².